The number of ketones is 1. The number of aromatic hydroxyl groups is 3. The predicted molar refractivity (Wildman–Crippen MR) is 257 cm³/mol. The molecule has 1 saturated heterocycles. The van der Waals surface area contributed by atoms with Crippen LogP contribution >= 0.6 is 0 Å². The van der Waals surface area contributed by atoms with E-state index in [1.54, 1.807) is 46.8 Å². The molecule has 16 heteroatoms. The van der Waals surface area contributed by atoms with Gasteiger partial charge in [0.25, 0.3) is 11.7 Å². The number of phenolic OH excluding ortho intramolecular Hbond substituents is 3. The quantitative estimate of drug-likeness (QED) is 0.0424. The van der Waals surface area contributed by atoms with Gasteiger partial charge in [-0.25, -0.2) is 0 Å². The number of nitrogens with zero attached hydrogens (tertiary/aromatic N) is 3. The SMILES string of the molecule is CCCCCCCCN1CCCN(/N=C\c2c3c(O)c4c(O)c(C)c5c(c4c2O)C(=O)[C@@](C)(O/C=C/[C@H](OC)[C@@H](C)[C@@H](OC(C)=O)[C@H](C)[C@H](O)[C@H](C)[C@@H](O)[C@@H](C)/C=C/C=C(/C)C(=O)N3)O5)CC1. The van der Waals surface area contributed by atoms with Crippen LogP contribution in [-0.4, -0.2) is 129 Å². The number of hydrogen-bond acceptors (Lipinski definition) is 15. The van der Waals surface area contributed by atoms with Crippen LogP contribution in [0.5, 0.6) is 23.0 Å². The number of carbonyl (C=O) groups excluding carboxylic acids is 3. The van der Waals surface area contributed by atoms with Crippen LogP contribution in [0.1, 0.15) is 122 Å². The van der Waals surface area contributed by atoms with Crippen LogP contribution in [0.2, 0.25) is 0 Å². The molecular formula is C51H74N4O12. The Bertz CT molecular complexity index is 2220. The summed E-state index contributed by atoms with van der Waals surface area (Å²) in [6.45, 7) is 18.7. The van der Waals surface area contributed by atoms with E-state index < -0.39 is 88.8 Å². The van der Waals surface area contributed by atoms with Crippen LogP contribution in [0.4, 0.5) is 5.69 Å². The van der Waals surface area contributed by atoms with Crippen molar-refractivity contribution in [3.63, 3.8) is 0 Å². The number of methoxy groups -OCH3 is 1. The van der Waals surface area contributed by atoms with E-state index in [2.05, 4.69) is 17.1 Å². The van der Waals surface area contributed by atoms with Crippen molar-refractivity contribution in [2.24, 2.45) is 28.8 Å². The fourth-order valence-corrected chi connectivity index (χ4v) is 9.42. The van der Waals surface area contributed by atoms with E-state index in [0.717, 1.165) is 32.5 Å². The number of unbranched alkanes of at least 4 members (excludes halogenated alkanes) is 5. The van der Waals surface area contributed by atoms with Gasteiger partial charge in [0.05, 0.1) is 53.0 Å². The Morgan fingerprint density at radius 1 is 0.910 bits per heavy atom. The number of rotatable bonds is 11. The molecule has 1 fully saturated rings. The molecule has 4 aliphatic rings. The summed E-state index contributed by atoms with van der Waals surface area (Å²) in [5.74, 6) is -8.30. The first-order valence-corrected chi connectivity index (χ1v) is 23.9. The van der Waals surface area contributed by atoms with Gasteiger partial charge in [0.1, 0.15) is 23.4 Å². The Labute approximate surface area is 395 Å². The molecule has 16 nitrogen and oxygen atoms in total. The Morgan fingerprint density at radius 3 is 2.30 bits per heavy atom. The fourth-order valence-electron chi connectivity index (χ4n) is 9.42. The number of fused-ring (bicyclic) bond motifs is 14. The predicted octanol–water partition coefficient (Wildman–Crippen LogP) is 7.46. The minimum Gasteiger partial charge on any atom is -0.507 e. The number of aliphatic hydroxyl groups is 2. The van der Waals surface area contributed by atoms with Crippen molar-refractivity contribution in [2.45, 2.75) is 137 Å². The second-order valence-corrected chi connectivity index (χ2v) is 18.8. The second-order valence-electron chi connectivity index (χ2n) is 18.8. The molecule has 0 radical (unpaired) electrons. The zero-order valence-corrected chi connectivity index (χ0v) is 41.0. The maximum atomic E-state index is 14.6. The lowest BCUT2D eigenvalue weighted by molar-refractivity contribution is -0.160. The average molecular weight is 935 g/mol. The molecule has 67 heavy (non-hydrogen) atoms. The second kappa shape index (κ2) is 23.2. The number of allylic oxidation sites excluding steroid dienone is 2. The van der Waals surface area contributed by atoms with E-state index in [4.69, 9.17) is 24.0 Å². The molecular weight excluding hydrogens is 861 g/mol. The van der Waals surface area contributed by atoms with Gasteiger partial charge in [0.15, 0.2) is 5.75 Å². The van der Waals surface area contributed by atoms with Crippen molar-refractivity contribution in [3.8, 4) is 23.0 Å². The van der Waals surface area contributed by atoms with Crippen molar-refractivity contribution < 1.29 is 58.9 Å². The van der Waals surface area contributed by atoms with Gasteiger partial charge in [-0.2, -0.15) is 5.10 Å². The van der Waals surface area contributed by atoms with Gasteiger partial charge < -0.3 is 54.7 Å². The van der Waals surface area contributed by atoms with Gasteiger partial charge in [0, 0.05) is 80.8 Å². The number of hydrogen-bond donors (Lipinski definition) is 6. The summed E-state index contributed by atoms with van der Waals surface area (Å²) in [4.78, 5) is 43.4. The highest BCUT2D eigenvalue weighted by Gasteiger charge is 2.50. The molecule has 9 atom stereocenters. The number of benzene rings is 2. The van der Waals surface area contributed by atoms with Gasteiger partial charge in [-0.05, 0) is 45.9 Å². The van der Waals surface area contributed by atoms with Crippen molar-refractivity contribution in [3.05, 3.63) is 52.8 Å². The van der Waals surface area contributed by atoms with Gasteiger partial charge >= 0.3 is 11.8 Å². The van der Waals surface area contributed by atoms with E-state index in [1.165, 1.54) is 84.6 Å². The first-order chi connectivity index (χ1) is 31.8. The summed E-state index contributed by atoms with van der Waals surface area (Å²) in [7, 11) is 1.45. The first kappa shape index (κ1) is 52.8. The average Bonchev–Trinajstić information content (AvgIpc) is 3.40. The normalized spacial score (nSPS) is 29.9. The molecule has 4 heterocycles. The summed E-state index contributed by atoms with van der Waals surface area (Å²) in [6, 6.07) is 0. The molecule has 2 aromatic carbocycles. The number of hydrazone groups is 1. The molecule has 5 bridgehead atoms. The highest BCUT2D eigenvalue weighted by atomic mass is 16.7. The summed E-state index contributed by atoms with van der Waals surface area (Å²) >= 11 is 0. The largest absolute Gasteiger partial charge is 0.507 e. The number of esters is 1. The number of nitrogens with one attached hydrogen (secondary N) is 1. The summed E-state index contributed by atoms with van der Waals surface area (Å²) < 4.78 is 23.8. The Balaban J connectivity index is 1.61. The van der Waals surface area contributed by atoms with Crippen molar-refractivity contribution in [1.82, 2.24) is 9.91 Å². The lowest BCUT2D eigenvalue weighted by Crippen LogP contribution is -2.46. The van der Waals surface area contributed by atoms with E-state index >= 15 is 0 Å². The van der Waals surface area contributed by atoms with E-state index in [9.17, 15) is 39.9 Å². The Morgan fingerprint density at radius 2 is 1.61 bits per heavy atom. The maximum Gasteiger partial charge on any atom is 0.312 e. The fraction of sp³-hybridized carbons (Fsp3) is 0.608. The molecule has 6 rings (SSSR count). The molecule has 0 spiro atoms. The van der Waals surface area contributed by atoms with E-state index in [-0.39, 0.29) is 44.5 Å². The number of amides is 1. The lowest BCUT2D eigenvalue weighted by Gasteiger charge is -2.38. The number of ether oxygens (including phenoxy) is 4. The number of carbonyl (C=O) groups is 3. The summed E-state index contributed by atoms with van der Waals surface area (Å²) in [5, 5.41) is 67.9. The smallest absolute Gasteiger partial charge is 0.312 e. The zero-order chi connectivity index (χ0) is 49.3. The molecule has 0 saturated carbocycles. The number of aliphatic hydroxyl groups excluding tert-OH is 2. The maximum absolute atomic E-state index is 14.6. The van der Waals surface area contributed by atoms with Crippen LogP contribution in [0, 0.1) is 30.6 Å². The van der Waals surface area contributed by atoms with Gasteiger partial charge in [-0.15, -0.1) is 0 Å². The van der Waals surface area contributed by atoms with Gasteiger partial charge in [-0.1, -0.05) is 85.0 Å². The molecule has 0 aliphatic carbocycles. The lowest BCUT2D eigenvalue weighted by atomic mass is 9.78. The van der Waals surface area contributed by atoms with Gasteiger partial charge in [0.2, 0.25) is 0 Å². The van der Waals surface area contributed by atoms with Crippen LogP contribution in [0.15, 0.2) is 41.2 Å². The standard InChI is InChI=1S/C51H74N4O12/c1-11-12-13-14-15-16-22-54-23-18-24-55(26-25-54)52-28-36-41-46(61)39-38(45(36)60)40-48(34(7)44(39)59)67-51(9,49(40)62)65-27-21-37(64-10)31(4)47(66-35(8)56)33(6)43(58)32(5)42(57)29(2)19-17-20-30(3)50(63)53-41/h17,19-21,27-29,31-33,37,42-43,47,57-61H,11-16,18,22-26H2,1-10H3,(H,53,63)/b19-17+,27-21+,30-20-,52-28-/t29-,31+,32+,33+,37-,42-,43+,47+,51-/m0/s1. The highest BCUT2D eigenvalue weighted by Crippen LogP contribution is 2.55. The number of anilines is 1. The van der Waals surface area contributed by atoms with Crippen LogP contribution in [0.3, 0.4) is 0 Å². The third-order valence-corrected chi connectivity index (χ3v) is 13.8. The summed E-state index contributed by atoms with van der Waals surface area (Å²) in [6.07, 6.45) is 13.1. The third-order valence-electron chi connectivity index (χ3n) is 13.8. The van der Waals surface area contributed by atoms with Crippen LogP contribution in [-0.2, 0) is 23.8 Å². The highest BCUT2D eigenvalue weighted by molar-refractivity contribution is 6.23. The minimum atomic E-state index is -2.05. The van der Waals surface area contributed by atoms with E-state index in [0.29, 0.717) is 13.1 Å². The molecule has 0 aromatic heterocycles. The molecule has 370 valence electrons. The van der Waals surface area contributed by atoms with Crippen LogP contribution in [0.25, 0.3) is 10.8 Å². The topological polar surface area (TPSA) is 220 Å². The number of phenols is 3. The zero-order valence-electron chi connectivity index (χ0n) is 41.0. The number of Topliss-reactive ketones (excluding diaryl/α,β-unsaturated/α-hetero) is 1. The third kappa shape index (κ3) is 11.9. The first-order valence-electron chi connectivity index (χ1n) is 23.9. The van der Waals surface area contributed by atoms with Gasteiger partial charge in [-0.3, -0.25) is 19.4 Å². The molecule has 0 unspecified atom stereocenters. The van der Waals surface area contributed by atoms with Crippen molar-refractivity contribution >= 4 is 40.3 Å². The Hall–Kier alpha value is -5.16. The van der Waals surface area contributed by atoms with E-state index in [1.807, 2.05) is 5.01 Å². The summed E-state index contributed by atoms with van der Waals surface area (Å²) in [5.41, 5.74) is -0.293. The van der Waals surface area contributed by atoms with Crippen molar-refractivity contribution in [1.29, 1.82) is 0 Å². The molecule has 4 aliphatic heterocycles. The van der Waals surface area contributed by atoms with Crippen molar-refractivity contribution in [2.75, 3.05) is 45.2 Å². The molecule has 6 N–H and O–H groups in total. The van der Waals surface area contributed by atoms with Crippen LogP contribution < -0.4 is 10.1 Å². The minimum absolute atomic E-state index is 0.0630. The molecule has 2 aromatic rings. The Kier molecular flexibility index (Phi) is 18.3. The monoisotopic (exact) mass is 935 g/mol. The molecule has 1 amide bonds.